The summed E-state index contributed by atoms with van der Waals surface area (Å²) in [4.78, 5) is 0. The van der Waals surface area contributed by atoms with Crippen molar-refractivity contribution in [3.8, 4) is 17.2 Å². The maximum absolute atomic E-state index is 11.9. The van der Waals surface area contributed by atoms with Gasteiger partial charge in [-0.3, -0.25) is 5.11 Å². The normalized spacial score (nSPS) is 11.4. The lowest BCUT2D eigenvalue weighted by atomic mass is 9.87. The second kappa shape index (κ2) is 4.96. The second-order valence-electron chi connectivity index (χ2n) is 5.78. The number of ether oxygens (including phenoxy) is 1. The molecule has 2 aromatic carbocycles. The van der Waals surface area contributed by atoms with Gasteiger partial charge in [-0.15, -0.1) is 0 Å². The maximum Gasteiger partial charge on any atom is 0.221 e. The quantitative estimate of drug-likeness (QED) is 0.722. The van der Waals surface area contributed by atoms with Crippen molar-refractivity contribution in [1.82, 2.24) is 0 Å². The fraction of sp³-hybridized carbons (Fsp3) is 0.294. The summed E-state index contributed by atoms with van der Waals surface area (Å²) in [6.07, 6.45) is 0. The lowest BCUT2D eigenvalue weighted by Gasteiger charge is -2.20. The Bertz CT molecular complexity index is 580. The molecule has 0 atom stereocenters. The number of hydrogen-bond acceptors (Lipinski definition) is 1. The SMILES string of the molecule is Cc1ccccc1Oc1cc(C(C)(C)C)ccc1[O]. The monoisotopic (exact) mass is 255 g/mol. The molecule has 0 aliphatic carbocycles. The molecule has 0 saturated carbocycles. The third kappa shape index (κ3) is 3.08. The zero-order valence-corrected chi connectivity index (χ0v) is 11.9. The first-order valence-electron chi connectivity index (χ1n) is 6.43. The van der Waals surface area contributed by atoms with E-state index in [1.165, 1.54) is 0 Å². The summed E-state index contributed by atoms with van der Waals surface area (Å²) in [7, 11) is 0. The molecule has 0 amide bonds. The zero-order valence-electron chi connectivity index (χ0n) is 11.9. The summed E-state index contributed by atoms with van der Waals surface area (Å²) in [5, 5.41) is 11.9. The van der Waals surface area contributed by atoms with Crippen LogP contribution in [0.3, 0.4) is 0 Å². The molecular formula is C17H19O2. The van der Waals surface area contributed by atoms with Crippen LogP contribution in [-0.4, -0.2) is 0 Å². The molecule has 2 nitrogen and oxygen atoms in total. The molecule has 2 aromatic rings. The van der Waals surface area contributed by atoms with Crippen LogP contribution in [-0.2, 0) is 10.5 Å². The van der Waals surface area contributed by atoms with E-state index in [9.17, 15) is 5.11 Å². The van der Waals surface area contributed by atoms with Gasteiger partial charge in [-0.25, -0.2) is 0 Å². The van der Waals surface area contributed by atoms with Crippen molar-refractivity contribution in [2.24, 2.45) is 0 Å². The second-order valence-corrected chi connectivity index (χ2v) is 5.78. The average molecular weight is 255 g/mol. The van der Waals surface area contributed by atoms with Gasteiger partial charge in [0.15, 0.2) is 5.75 Å². The van der Waals surface area contributed by atoms with E-state index in [4.69, 9.17) is 4.74 Å². The summed E-state index contributed by atoms with van der Waals surface area (Å²) < 4.78 is 5.76. The standard InChI is InChI=1S/C17H19O2/c1-12-7-5-6-8-15(12)19-16-11-13(17(2,3)4)9-10-14(16)18/h5-11H,1-4H3. The topological polar surface area (TPSA) is 29.1 Å². The van der Waals surface area contributed by atoms with Crippen molar-refractivity contribution in [3.05, 3.63) is 53.6 Å². The minimum atomic E-state index is -0.0868. The average Bonchev–Trinajstić information content (AvgIpc) is 2.33. The minimum absolute atomic E-state index is 0.00244. The third-order valence-corrected chi connectivity index (χ3v) is 3.12. The van der Waals surface area contributed by atoms with Gasteiger partial charge < -0.3 is 4.74 Å². The highest BCUT2D eigenvalue weighted by atomic mass is 16.5. The zero-order chi connectivity index (χ0) is 14.0. The Morgan fingerprint density at radius 2 is 1.63 bits per heavy atom. The molecule has 0 aliphatic rings. The van der Waals surface area contributed by atoms with E-state index in [0.717, 1.165) is 16.9 Å². The predicted molar refractivity (Wildman–Crippen MR) is 76.5 cm³/mol. The Morgan fingerprint density at radius 1 is 0.947 bits per heavy atom. The van der Waals surface area contributed by atoms with Crippen molar-refractivity contribution in [3.63, 3.8) is 0 Å². The summed E-state index contributed by atoms with van der Waals surface area (Å²) in [5.74, 6) is 1.03. The van der Waals surface area contributed by atoms with Crippen LogP contribution in [0.2, 0.25) is 0 Å². The molecule has 0 N–H and O–H groups in total. The Morgan fingerprint density at radius 3 is 2.26 bits per heavy atom. The third-order valence-electron chi connectivity index (χ3n) is 3.12. The fourth-order valence-electron chi connectivity index (χ4n) is 1.84. The number of rotatable bonds is 2. The number of benzene rings is 2. The summed E-state index contributed by atoms with van der Waals surface area (Å²) >= 11 is 0. The molecule has 0 saturated heterocycles. The van der Waals surface area contributed by atoms with Crippen LogP contribution in [0.15, 0.2) is 42.5 Å². The molecule has 99 valence electrons. The molecule has 0 heterocycles. The largest absolute Gasteiger partial charge is 0.453 e. The summed E-state index contributed by atoms with van der Waals surface area (Å²) in [6.45, 7) is 8.31. The minimum Gasteiger partial charge on any atom is -0.453 e. The van der Waals surface area contributed by atoms with E-state index in [1.54, 1.807) is 6.07 Å². The van der Waals surface area contributed by atoms with Crippen molar-refractivity contribution in [1.29, 1.82) is 0 Å². The van der Waals surface area contributed by atoms with Crippen LogP contribution in [0.25, 0.3) is 0 Å². The molecule has 0 unspecified atom stereocenters. The van der Waals surface area contributed by atoms with Crippen molar-refractivity contribution in [2.45, 2.75) is 33.1 Å². The van der Waals surface area contributed by atoms with Crippen molar-refractivity contribution < 1.29 is 9.84 Å². The van der Waals surface area contributed by atoms with Crippen LogP contribution in [0.4, 0.5) is 0 Å². The van der Waals surface area contributed by atoms with Gasteiger partial charge in [0, 0.05) is 0 Å². The Kier molecular flexibility index (Phi) is 3.52. The molecular weight excluding hydrogens is 236 g/mol. The van der Waals surface area contributed by atoms with Crippen LogP contribution in [0, 0.1) is 6.92 Å². The smallest absolute Gasteiger partial charge is 0.221 e. The van der Waals surface area contributed by atoms with E-state index >= 15 is 0 Å². The molecule has 0 bridgehead atoms. The van der Waals surface area contributed by atoms with Crippen LogP contribution in [0.5, 0.6) is 17.2 Å². The van der Waals surface area contributed by atoms with Crippen LogP contribution < -0.4 is 4.74 Å². The molecule has 0 aromatic heterocycles. The van der Waals surface area contributed by atoms with E-state index < -0.39 is 0 Å². The Hall–Kier alpha value is -1.96. The summed E-state index contributed by atoms with van der Waals surface area (Å²) in [6, 6.07) is 13.0. The van der Waals surface area contributed by atoms with Gasteiger partial charge in [-0.05, 0) is 41.7 Å². The van der Waals surface area contributed by atoms with Gasteiger partial charge >= 0.3 is 0 Å². The first-order chi connectivity index (χ1) is 8.88. The first-order valence-corrected chi connectivity index (χ1v) is 6.43. The van der Waals surface area contributed by atoms with Gasteiger partial charge in [0.2, 0.25) is 5.75 Å². The van der Waals surface area contributed by atoms with Gasteiger partial charge in [0.05, 0.1) is 0 Å². The van der Waals surface area contributed by atoms with E-state index in [2.05, 4.69) is 20.8 Å². The Labute approximate surface area is 114 Å². The van der Waals surface area contributed by atoms with E-state index in [1.807, 2.05) is 43.3 Å². The highest BCUT2D eigenvalue weighted by molar-refractivity contribution is 5.47. The molecule has 0 aliphatic heterocycles. The van der Waals surface area contributed by atoms with Gasteiger partial charge in [-0.1, -0.05) is 45.0 Å². The Balaban J connectivity index is 2.38. The van der Waals surface area contributed by atoms with Gasteiger partial charge in [-0.2, -0.15) is 0 Å². The molecule has 0 fully saturated rings. The molecule has 0 spiro atoms. The van der Waals surface area contributed by atoms with E-state index in [0.29, 0.717) is 5.75 Å². The molecule has 1 radical (unpaired) electrons. The van der Waals surface area contributed by atoms with Gasteiger partial charge in [0.1, 0.15) is 5.75 Å². The lowest BCUT2D eigenvalue weighted by Crippen LogP contribution is -2.10. The summed E-state index contributed by atoms with van der Waals surface area (Å²) in [5.41, 5.74) is 2.11. The predicted octanol–water partition coefficient (Wildman–Crippen LogP) is 5.23. The number of hydrogen-bond donors (Lipinski definition) is 0. The van der Waals surface area contributed by atoms with Crippen molar-refractivity contribution >= 4 is 0 Å². The molecule has 19 heavy (non-hydrogen) atoms. The number of aryl methyl sites for hydroxylation is 1. The maximum atomic E-state index is 11.9. The highest BCUT2D eigenvalue weighted by Crippen LogP contribution is 2.36. The van der Waals surface area contributed by atoms with Gasteiger partial charge in [0.25, 0.3) is 0 Å². The number of para-hydroxylation sites is 1. The molecule has 2 rings (SSSR count). The highest BCUT2D eigenvalue weighted by Gasteiger charge is 2.17. The molecule has 2 heteroatoms. The van der Waals surface area contributed by atoms with E-state index in [-0.39, 0.29) is 11.2 Å². The van der Waals surface area contributed by atoms with Crippen LogP contribution >= 0.6 is 0 Å². The lowest BCUT2D eigenvalue weighted by molar-refractivity contribution is 0.328. The van der Waals surface area contributed by atoms with Crippen LogP contribution in [0.1, 0.15) is 31.9 Å². The first kappa shape index (κ1) is 13.5. The fourth-order valence-corrected chi connectivity index (χ4v) is 1.84. The van der Waals surface area contributed by atoms with Crippen molar-refractivity contribution in [2.75, 3.05) is 0 Å².